The van der Waals surface area contributed by atoms with Gasteiger partial charge in [-0.15, -0.1) is 0 Å². The van der Waals surface area contributed by atoms with E-state index in [4.69, 9.17) is 9.47 Å². The summed E-state index contributed by atoms with van der Waals surface area (Å²) in [5, 5.41) is 14.9. The van der Waals surface area contributed by atoms with Crippen LogP contribution in [0.5, 0.6) is 11.5 Å². The van der Waals surface area contributed by atoms with Crippen molar-refractivity contribution in [3.05, 3.63) is 241 Å². The van der Waals surface area contributed by atoms with Gasteiger partial charge in [0, 0.05) is 0 Å². The molecule has 0 bridgehead atoms. The first-order valence-electron chi connectivity index (χ1n) is 25.2. The van der Waals surface area contributed by atoms with E-state index in [1.165, 1.54) is 131 Å². The van der Waals surface area contributed by atoms with Gasteiger partial charge in [-0.1, -0.05) is 205 Å². The van der Waals surface area contributed by atoms with Crippen LogP contribution in [-0.2, 0) is 0 Å². The Bertz CT molecular complexity index is 3760. The molecule has 0 aromatic heterocycles. The molecule has 0 atom stereocenters. The maximum Gasteiger partial charge on any atom is 0.119 e. The van der Waals surface area contributed by atoms with Crippen molar-refractivity contribution in [2.75, 3.05) is 14.2 Å². The third kappa shape index (κ3) is 7.77. The van der Waals surface area contributed by atoms with Crippen molar-refractivity contribution in [3.8, 4) is 56.0 Å². The van der Waals surface area contributed by atoms with Crippen LogP contribution in [-0.4, -0.2) is 14.2 Å². The molecular formula is C70H52O2. The number of fused-ring (bicyclic) bond motifs is 6. The fraction of sp³-hybridized carbons (Fsp3) is 0.0857. The number of rotatable bonds is 8. The molecule has 344 valence electrons. The van der Waals surface area contributed by atoms with Crippen LogP contribution in [0.2, 0.25) is 0 Å². The lowest BCUT2D eigenvalue weighted by molar-refractivity contribution is 0.415. The molecule has 0 amide bonds. The van der Waals surface area contributed by atoms with Gasteiger partial charge in [-0.05, 0) is 182 Å². The highest BCUT2D eigenvalue weighted by Gasteiger charge is 2.19. The van der Waals surface area contributed by atoms with Gasteiger partial charge in [0.25, 0.3) is 0 Å². The Balaban J connectivity index is 0.752. The van der Waals surface area contributed by atoms with Crippen LogP contribution in [0.15, 0.2) is 230 Å². The molecule has 0 N–H and O–H groups in total. The lowest BCUT2D eigenvalue weighted by Crippen LogP contribution is -1.97. The summed E-state index contributed by atoms with van der Waals surface area (Å²) >= 11 is 0. The molecular weight excluding hydrogens is 873 g/mol. The third-order valence-corrected chi connectivity index (χ3v) is 15.2. The molecule has 0 radical (unpaired) electrons. The number of methoxy groups -OCH3 is 2. The van der Waals surface area contributed by atoms with Crippen molar-refractivity contribution in [3.63, 3.8) is 0 Å². The topological polar surface area (TPSA) is 18.5 Å². The van der Waals surface area contributed by atoms with Gasteiger partial charge in [0.05, 0.1) is 14.2 Å². The normalized spacial score (nSPS) is 12.9. The molecule has 0 unspecified atom stereocenters. The molecule has 1 fully saturated rings. The van der Waals surface area contributed by atoms with Crippen molar-refractivity contribution >= 4 is 76.8 Å². The van der Waals surface area contributed by atoms with Gasteiger partial charge in [0.1, 0.15) is 11.5 Å². The van der Waals surface area contributed by atoms with E-state index in [2.05, 4.69) is 218 Å². The number of hydrogen-bond acceptors (Lipinski definition) is 2. The van der Waals surface area contributed by atoms with Gasteiger partial charge in [0.2, 0.25) is 0 Å². The summed E-state index contributed by atoms with van der Waals surface area (Å²) in [7, 11) is 3.44. The average Bonchev–Trinajstić information content (AvgIpc) is 3.44. The molecule has 1 aliphatic carbocycles. The molecule has 1 saturated carbocycles. The maximum absolute atomic E-state index is 5.52. The van der Waals surface area contributed by atoms with Crippen molar-refractivity contribution in [1.29, 1.82) is 0 Å². The first kappa shape index (κ1) is 43.3. The molecule has 13 rings (SSSR count). The highest BCUT2D eigenvalue weighted by molar-refractivity contribution is 6.23. The van der Waals surface area contributed by atoms with Crippen LogP contribution >= 0.6 is 0 Å². The summed E-state index contributed by atoms with van der Waals surface area (Å²) in [6.45, 7) is 0. The number of allylic oxidation sites excluding steroid dienone is 2. The highest BCUT2D eigenvalue weighted by Crippen LogP contribution is 2.46. The van der Waals surface area contributed by atoms with Crippen LogP contribution in [0, 0.1) is 0 Å². The van der Waals surface area contributed by atoms with Gasteiger partial charge < -0.3 is 9.47 Å². The minimum absolute atomic E-state index is 0.874. The molecule has 0 spiro atoms. The summed E-state index contributed by atoms with van der Waals surface area (Å²) in [5.41, 5.74) is 15.6. The zero-order chi connectivity index (χ0) is 48.1. The molecule has 12 aromatic rings. The van der Waals surface area contributed by atoms with E-state index >= 15 is 0 Å². The van der Waals surface area contributed by atoms with E-state index in [0.29, 0.717) is 0 Å². The Hall–Kier alpha value is -8.72. The van der Waals surface area contributed by atoms with E-state index in [1.54, 1.807) is 14.2 Å². The first-order chi connectivity index (χ1) is 35.6. The fourth-order valence-corrected chi connectivity index (χ4v) is 11.7. The Morgan fingerprint density at radius 3 is 0.847 bits per heavy atom. The molecule has 0 saturated heterocycles. The van der Waals surface area contributed by atoms with Crippen LogP contribution in [0.1, 0.15) is 36.8 Å². The predicted molar refractivity (Wildman–Crippen MR) is 307 cm³/mol. The first-order valence-corrected chi connectivity index (χ1v) is 25.2. The van der Waals surface area contributed by atoms with E-state index in [-0.39, 0.29) is 0 Å². The zero-order valence-corrected chi connectivity index (χ0v) is 40.6. The third-order valence-electron chi connectivity index (χ3n) is 15.2. The minimum Gasteiger partial charge on any atom is -0.497 e. The van der Waals surface area contributed by atoms with Gasteiger partial charge in [0.15, 0.2) is 0 Å². The van der Waals surface area contributed by atoms with Gasteiger partial charge >= 0.3 is 0 Å². The average molecular weight is 925 g/mol. The van der Waals surface area contributed by atoms with Crippen molar-refractivity contribution in [2.24, 2.45) is 0 Å². The molecule has 2 heteroatoms. The van der Waals surface area contributed by atoms with Crippen molar-refractivity contribution in [2.45, 2.75) is 25.7 Å². The van der Waals surface area contributed by atoms with Crippen LogP contribution in [0.3, 0.4) is 0 Å². The van der Waals surface area contributed by atoms with Gasteiger partial charge in [-0.3, -0.25) is 0 Å². The molecule has 12 aromatic carbocycles. The van der Waals surface area contributed by atoms with E-state index in [0.717, 1.165) is 37.2 Å². The fourth-order valence-electron chi connectivity index (χ4n) is 11.7. The van der Waals surface area contributed by atoms with E-state index in [9.17, 15) is 0 Å². The predicted octanol–water partition coefficient (Wildman–Crippen LogP) is 19.3. The second-order valence-corrected chi connectivity index (χ2v) is 19.4. The smallest absolute Gasteiger partial charge is 0.119 e. The Morgan fingerprint density at radius 2 is 0.542 bits per heavy atom. The summed E-state index contributed by atoms with van der Waals surface area (Å²) in [4.78, 5) is 0. The number of benzene rings is 12. The molecule has 0 aliphatic heterocycles. The lowest BCUT2D eigenvalue weighted by atomic mass is 9.85. The summed E-state index contributed by atoms with van der Waals surface area (Å²) in [6.07, 6.45) is 9.20. The second kappa shape index (κ2) is 18.2. The zero-order valence-electron chi connectivity index (χ0n) is 40.6. The summed E-state index contributed by atoms with van der Waals surface area (Å²) < 4.78 is 11.0. The van der Waals surface area contributed by atoms with Crippen molar-refractivity contribution in [1.82, 2.24) is 0 Å². The van der Waals surface area contributed by atoms with Crippen LogP contribution < -0.4 is 9.47 Å². The summed E-state index contributed by atoms with van der Waals surface area (Å²) in [5.74, 6) is 1.75. The molecule has 72 heavy (non-hydrogen) atoms. The number of hydrogen-bond donors (Lipinski definition) is 0. The SMILES string of the molecule is COc1ccc2cc(-c3c4ccccc4c(-c4ccc(C=C5CCC(=Cc6ccc(-c7c8ccccc8c(-c8ccc9cc(OC)ccc9c8)c8ccccc78)cc6)CC5)cc4)c4ccccc34)ccc2c1. The minimum atomic E-state index is 0.874. The highest BCUT2D eigenvalue weighted by atomic mass is 16.5. The Labute approximate surface area is 420 Å². The van der Waals surface area contributed by atoms with Crippen LogP contribution in [0.25, 0.3) is 121 Å². The maximum atomic E-state index is 5.52. The molecule has 0 heterocycles. The van der Waals surface area contributed by atoms with E-state index in [1.807, 2.05) is 12.1 Å². The second-order valence-electron chi connectivity index (χ2n) is 19.4. The monoisotopic (exact) mass is 924 g/mol. The van der Waals surface area contributed by atoms with E-state index < -0.39 is 0 Å². The van der Waals surface area contributed by atoms with Gasteiger partial charge in [-0.25, -0.2) is 0 Å². The summed E-state index contributed by atoms with van der Waals surface area (Å²) in [6, 6.07) is 80.4. The van der Waals surface area contributed by atoms with Crippen molar-refractivity contribution < 1.29 is 9.47 Å². The number of ether oxygens (including phenoxy) is 2. The van der Waals surface area contributed by atoms with Gasteiger partial charge in [-0.2, -0.15) is 0 Å². The quantitative estimate of drug-likeness (QED) is 0.141. The Morgan fingerprint density at radius 1 is 0.278 bits per heavy atom. The molecule has 1 aliphatic rings. The lowest BCUT2D eigenvalue weighted by Gasteiger charge is -2.19. The largest absolute Gasteiger partial charge is 0.497 e. The Kier molecular flexibility index (Phi) is 11.0. The molecule has 2 nitrogen and oxygen atoms in total. The standard InChI is InChI=1S/C70H52O2/c1-71-57-37-35-51-41-55(33-31-53(51)43-57)69-63-15-7-3-11-59(63)67(60-12-4-8-16-64(60)69)49-27-23-47(24-28-49)39-45-19-21-46(22-20-45)40-48-25-29-50(30-26-48)68-61-13-5-9-17-65(61)70(66-18-10-6-14-62(66)68)56-34-32-54-44-58(72-2)38-36-52(54)42-56/h3-18,23-44H,19-22H2,1-2H3. The van der Waals surface area contributed by atoms with Crippen LogP contribution in [0.4, 0.5) is 0 Å².